The molecule has 3 aromatic rings. The summed E-state index contributed by atoms with van der Waals surface area (Å²) in [6, 6.07) is 15.3. The van der Waals surface area contributed by atoms with Crippen LogP contribution in [0.25, 0.3) is 11.3 Å². The zero-order valence-corrected chi connectivity index (χ0v) is 17.8. The number of sulfonamides is 1. The third kappa shape index (κ3) is 4.67. The van der Waals surface area contributed by atoms with Crippen LogP contribution in [0.15, 0.2) is 58.8 Å². The van der Waals surface area contributed by atoms with Crippen molar-refractivity contribution in [2.24, 2.45) is 0 Å². The van der Waals surface area contributed by atoms with E-state index in [0.717, 1.165) is 16.4 Å². The molecule has 0 saturated carbocycles. The number of aromatic nitrogens is 1. The van der Waals surface area contributed by atoms with Crippen molar-refractivity contribution in [1.82, 2.24) is 9.29 Å². The lowest BCUT2D eigenvalue weighted by atomic mass is 10.1. The number of anilines is 1. The van der Waals surface area contributed by atoms with Crippen LogP contribution in [0, 0.1) is 6.92 Å². The summed E-state index contributed by atoms with van der Waals surface area (Å²) in [5.41, 5.74) is 4.17. The predicted octanol–water partition coefficient (Wildman–Crippen LogP) is 3.75. The number of thiazole rings is 1. The van der Waals surface area contributed by atoms with Crippen LogP contribution in [-0.4, -0.2) is 44.0 Å². The minimum absolute atomic E-state index is 0.302. The quantitative estimate of drug-likeness (QED) is 0.646. The molecule has 1 saturated heterocycles. The first kappa shape index (κ1) is 20.0. The first-order valence-electron chi connectivity index (χ1n) is 9.46. The first-order valence-corrected chi connectivity index (χ1v) is 11.8. The molecule has 152 valence electrons. The van der Waals surface area contributed by atoms with Crippen LogP contribution in [0.2, 0.25) is 0 Å². The van der Waals surface area contributed by atoms with E-state index < -0.39 is 10.0 Å². The molecule has 0 bridgehead atoms. The molecule has 1 fully saturated rings. The van der Waals surface area contributed by atoms with Gasteiger partial charge in [0.1, 0.15) is 0 Å². The molecule has 1 aromatic heterocycles. The van der Waals surface area contributed by atoms with E-state index in [1.54, 1.807) is 12.1 Å². The number of benzene rings is 2. The number of morpholine rings is 1. The maximum Gasteiger partial charge on any atom is 0.243 e. The molecule has 1 N–H and O–H groups in total. The molecule has 2 aromatic carbocycles. The van der Waals surface area contributed by atoms with Crippen LogP contribution in [0.1, 0.15) is 11.1 Å². The summed E-state index contributed by atoms with van der Waals surface area (Å²) >= 11 is 1.54. The minimum Gasteiger partial charge on any atom is -0.379 e. The Kier molecular flexibility index (Phi) is 5.96. The second-order valence-electron chi connectivity index (χ2n) is 6.92. The number of rotatable bonds is 6. The Hall–Kier alpha value is -2.26. The molecule has 6 nitrogen and oxygen atoms in total. The van der Waals surface area contributed by atoms with Crippen molar-refractivity contribution in [2.75, 3.05) is 31.6 Å². The molecular weight excluding hydrogens is 406 g/mol. The van der Waals surface area contributed by atoms with Gasteiger partial charge in [-0.25, -0.2) is 13.4 Å². The number of nitrogens with zero attached hydrogens (tertiary/aromatic N) is 2. The van der Waals surface area contributed by atoms with E-state index in [2.05, 4.69) is 35.4 Å². The summed E-state index contributed by atoms with van der Waals surface area (Å²) in [6.07, 6.45) is 0. The van der Waals surface area contributed by atoms with E-state index in [1.807, 2.05) is 23.6 Å². The molecule has 0 unspecified atom stereocenters. The molecule has 4 rings (SSSR count). The normalized spacial score (nSPS) is 15.3. The highest BCUT2D eigenvalue weighted by atomic mass is 32.2. The molecule has 1 aliphatic rings. The third-order valence-corrected chi connectivity index (χ3v) is 7.50. The van der Waals surface area contributed by atoms with E-state index in [9.17, 15) is 8.42 Å². The van der Waals surface area contributed by atoms with Gasteiger partial charge in [0.25, 0.3) is 0 Å². The topological polar surface area (TPSA) is 71.5 Å². The van der Waals surface area contributed by atoms with E-state index in [-0.39, 0.29) is 0 Å². The van der Waals surface area contributed by atoms with Gasteiger partial charge in [-0.15, -0.1) is 11.3 Å². The predicted molar refractivity (Wildman–Crippen MR) is 116 cm³/mol. The van der Waals surface area contributed by atoms with Crippen LogP contribution < -0.4 is 5.32 Å². The lowest BCUT2D eigenvalue weighted by Crippen LogP contribution is -2.40. The van der Waals surface area contributed by atoms with Gasteiger partial charge in [-0.05, 0) is 24.6 Å². The average molecular weight is 430 g/mol. The van der Waals surface area contributed by atoms with Crippen molar-refractivity contribution < 1.29 is 13.2 Å². The highest BCUT2D eigenvalue weighted by Gasteiger charge is 2.26. The van der Waals surface area contributed by atoms with Gasteiger partial charge in [-0.1, -0.05) is 42.0 Å². The van der Waals surface area contributed by atoms with Gasteiger partial charge < -0.3 is 10.1 Å². The fourth-order valence-electron chi connectivity index (χ4n) is 3.22. The van der Waals surface area contributed by atoms with Crippen molar-refractivity contribution in [3.8, 4) is 11.3 Å². The summed E-state index contributed by atoms with van der Waals surface area (Å²) in [6.45, 7) is 4.46. The van der Waals surface area contributed by atoms with Crippen LogP contribution in [0.3, 0.4) is 0 Å². The monoisotopic (exact) mass is 429 g/mol. The van der Waals surface area contributed by atoms with Crippen molar-refractivity contribution in [3.05, 3.63) is 65.0 Å². The van der Waals surface area contributed by atoms with Gasteiger partial charge in [0.15, 0.2) is 5.13 Å². The lowest BCUT2D eigenvalue weighted by molar-refractivity contribution is 0.0730. The van der Waals surface area contributed by atoms with E-state index >= 15 is 0 Å². The zero-order valence-electron chi connectivity index (χ0n) is 16.2. The van der Waals surface area contributed by atoms with Crippen LogP contribution in [0.4, 0.5) is 5.13 Å². The van der Waals surface area contributed by atoms with Gasteiger partial charge >= 0.3 is 0 Å². The van der Waals surface area contributed by atoms with Crippen molar-refractivity contribution in [1.29, 1.82) is 0 Å². The van der Waals surface area contributed by atoms with Gasteiger partial charge in [0.05, 0.1) is 23.8 Å². The maximum atomic E-state index is 12.7. The van der Waals surface area contributed by atoms with Gasteiger partial charge in [0.2, 0.25) is 10.0 Å². The fraction of sp³-hybridized carbons (Fsp3) is 0.286. The standard InChI is InChI=1S/C21H23N3O3S2/c1-16-3-2-4-17(13-16)14-22-21-23-20(15-28-21)18-5-7-19(8-6-18)29(25,26)24-9-11-27-12-10-24/h2-8,13,15H,9-12,14H2,1H3,(H,22,23). The Labute approximate surface area is 175 Å². The summed E-state index contributed by atoms with van der Waals surface area (Å²) in [5, 5.41) is 6.17. The van der Waals surface area contributed by atoms with E-state index in [0.29, 0.717) is 37.7 Å². The molecule has 0 aliphatic carbocycles. The van der Waals surface area contributed by atoms with Crippen LogP contribution in [0.5, 0.6) is 0 Å². The summed E-state index contributed by atoms with van der Waals surface area (Å²) < 4.78 is 32.2. The van der Waals surface area contributed by atoms with Gasteiger partial charge in [-0.3, -0.25) is 0 Å². The molecule has 0 spiro atoms. The van der Waals surface area contributed by atoms with Gasteiger partial charge in [0, 0.05) is 30.6 Å². The number of aryl methyl sites for hydroxylation is 1. The summed E-state index contributed by atoms with van der Waals surface area (Å²) in [4.78, 5) is 4.93. The third-order valence-electron chi connectivity index (χ3n) is 4.79. The van der Waals surface area contributed by atoms with Crippen molar-refractivity contribution >= 4 is 26.5 Å². The minimum atomic E-state index is -3.48. The lowest BCUT2D eigenvalue weighted by Gasteiger charge is -2.26. The largest absolute Gasteiger partial charge is 0.379 e. The fourth-order valence-corrected chi connectivity index (χ4v) is 5.35. The molecule has 29 heavy (non-hydrogen) atoms. The number of hydrogen-bond donors (Lipinski definition) is 1. The first-order chi connectivity index (χ1) is 14.0. The smallest absolute Gasteiger partial charge is 0.243 e. The SMILES string of the molecule is Cc1cccc(CNc2nc(-c3ccc(S(=O)(=O)N4CCOCC4)cc3)cs2)c1. The zero-order chi connectivity index (χ0) is 20.3. The number of ether oxygens (including phenoxy) is 1. The summed E-state index contributed by atoms with van der Waals surface area (Å²) in [5.74, 6) is 0. The molecular formula is C21H23N3O3S2. The van der Waals surface area contributed by atoms with E-state index in [1.165, 1.54) is 26.8 Å². The maximum absolute atomic E-state index is 12.7. The molecule has 8 heteroatoms. The Bertz CT molecular complexity index is 1070. The highest BCUT2D eigenvalue weighted by molar-refractivity contribution is 7.89. The Morgan fingerprint density at radius 1 is 1.14 bits per heavy atom. The summed E-state index contributed by atoms with van der Waals surface area (Å²) in [7, 11) is -3.48. The second-order valence-corrected chi connectivity index (χ2v) is 9.72. The molecule has 1 aliphatic heterocycles. The molecule has 0 atom stereocenters. The second kappa shape index (κ2) is 8.62. The Morgan fingerprint density at radius 3 is 2.62 bits per heavy atom. The molecule has 0 amide bonds. The van der Waals surface area contributed by atoms with Crippen LogP contribution in [-0.2, 0) is 21.3 Å². The highest BCUT2D eigenvalue weighted by Crippen LogP contribution is 2.27. The molecule has 0 radical (unpaired) electrons. The number of hydrogen-bond acceptors (Lipinski definition) is 6. The van der Waals surface area contributed by atoms with E-state index in [4.69, 9.17) is 4.74 Å². The molecule has 2 heterocycles. The number of nitrogens with one attached hydrogen (secondary N) is 1. The van der Waals surface area contributed by atoms with Crippen molar-refractivity contribution in [2.45, 2.75) is 18.4 Å². The van der Waals surface area contributed by atoms with Crippen molar-refractivity contribution in [3.63, 3.8) is 0 Å². The Morgan fingerprint density at radius 2 is 1.90 bits per heavy atom. The van der Waals surface area contributed by atoms with Crippen LogP contribution >= 0.6 is 11.3 Å². The van der Waals surface area contributed by atoms with Gasteiger partial charge in [-0.2, -0.15) is 4.31 Å². The average Bonchev–Trinajstić information content (AvgIpc) is 3.22. The Balaban J connectivity index is 1.44.